The number of esters is 4. The molecule has 0 radical (unpaired) electrons. The molecule has 53 heavy (non-hydrogen) atoms. The first kappa shape index (κ1) is 35.6. The monoisotopic (exact) mass is 745 g/mol. The van der Waals surface area contributed by atoms with Crippen molar-refractivity contribution in [2.45, 2.75) is 34.2 Å². The molecule has 12 heteroatoms. The number of hydrogen-bond donors (Lipinski definition) is 0. The van der Waals surface area contributed by atoms with Gasteiger partial charge in [0.05, 0.1) is 32.5 Å². The van der Waals surface area contributed by atoms with E-state index in [1.807, 2.05) is 24.3 Å². The van der Waals surface area contributed by atoms with Crippen LogP contribution >= 0.6 is 23.1 Å². The summed E-state index contributed by atoms with van der Waals surface area (Å²) < 4.78 is 32.3. The molecule has 0 bridgehead atoms. The lowest BCUT2D eigenvalue weighted by Gasteiger charge is -2.44. The van der Waals surface area contributed by atoms with E-state index in [1.54, 1.807) is 121 Å². The van der Waals surface area contributed by atoms with Crippen molar-refractivity contribution < 1.29 is 42.9 Å². The maximum atomic E-state index is 13.8. The summed E-state index contributed by atoms with van der Waals surface area (Å²) in [6.45, 7) is -0.407. The van der Waals surface area contributed by atoms with Gasteiger partial charge in [-0.3, -0.25) is 0 Å². The zero-order valence-electron chi connectivity index (χ0n) is 27.9. The van der Waals surface area contributed by atoms with E-state index in [2.05, 4.69) is 0 Å². The molecule has 6 aromatic rings. The number of nitrogens with zero attached hydrogens (tertiary/aromatic N) is 1. The number of fused-ring (bicyclic) bond motifs is 1. The predicted molar refractivity (Wildman–Crippen MR) is 198 cm³/mol. The highest BCUT2D eigenvalue weighted by Gasteiger charge is 2.53. The first-order valence-corrected chi connectivity index (χ1v) is 18.3. The van der Waals surface area contributed by atoms with Crippen LogP contribution in [0.25, 0.3) is 10.2 Å². The number of ether oxygens (including phenoxy) is 5. The van der Waals surface area contributed by atoms with Gasteiger partial charge in [-0.1, -0.05) is 96.7 Å². The Hall–Kier alpha value is -5.82. The molecule has 266 valence electrons. The Morgan fingerprint density at radius 3 is 1.49 bits per heavy atom. The third-order valence-corrected chi connectivity index (χ3v) is 10.5. The van der Waals surface area contributed by atoms with Crippen molar-refractivity contribution in [3.8, 4) is 0 Å². The highest BCUT2D eigenvalue weighted by Crippen LogP contribution is 2.40. The van der Waals surface area contributed by atoms with E-state index in [1.165, 1.54) is 11.3 Å². The summed E-state index contributed by atoms with van der Waals surface area (Å²) >= 11 is 2.55. The molecule has 2 heterocycles. The third-order valence-electron chi connectivity index (χ3n) is 8.23. The Bertz CT molecular complexity index is 2150. The van der Waals surface area contributed by atoms with Crippen LogP contribution in [0.4, 0.5) is 0 Å². The Balaban J connectivity index is 1.30. The van der Waals surface area contributed by atoms with Gasteiger partial charge in [0, 0.05) is 0 Å². The largest absolute Gasteiger partial charge is 0.459 e. The number of thiazole rings is 1. The van der Waals surface area contributed by atoms with Gasteiger partial charge in [0.1, 0.15) is 12.7 Å². The molecule has 1 saturated heterocycles. The summed E-state index contributed by atoms with van der Waals surface area (Å²) in [6.07, 6.45) is -5.40. The van der Waals surface area contributed by atoms with Crippen LogP contribution in [0.5, 0.6) is 0 Å². The van der Waals surface area contributed by atoms with Gasteiger partial charge in [-0.2, -0.15) is 0 Å². The fraction of sp³-hybridized carbons (Fsp3) is 0.146. The van der Waals surface area contributed by atoms with E-state index in [0.29, 0.717) is 9.90 Å². The number of aromatic nitrogens is 1. The zero-order chi connectivity index (χ0) is 36.6. The molecule has 0 aliphatic carbocycles. The lowest BCUT2D eigenvalue weighted by atomic mass is 9.98. The van der Waals surface area contributed by atoms with Crippen molar-refractivity contribution in [1.29, 1.82) is 0 Å². The third kappa shape index (κ3) is 8.63. The fourth-order valence-electron chi connectivity index (χ4n) is 5.62. The number of benzene rings is 5. The molecular weight excluding hydrogens is 715 g/mol. The Labute approximate surface area is 312 Å². The lowest BCUT2D eigenvalue weighted by Crippen LogP contribution is -2.61. The molecule has 5 aromatic carbocycles. The van der Waals surface area contributed by atoms with Crippen molar-refractivity contribution in [2.75, 3.05) is 6.61 Å². The summed E-state index contributed by atoms with van der Waals surface area (Å²) in [5.41, 5.74) is 0.629. The minimum atomic E-state index is -1.44. The SMILES string of the molecule is O=C(OC[C@H]1O[C@@H](Sc2nc3ccccc3s2)[C@H](OC(=O)c2ccccc2)[C@@H](OC(=O)c2ccccc2)[C@@H]1OC(=O)c1ccccc1)c1ccccc1. The molecule has 0 N–H and O–H groups in total. The second-order valence-corrected chi connectivity index (χ2v) is 14.2. The maximum absolute atomic E-state index is 13.8. The van der Waals surface area contributed by atoms with E-state index >= 15 is 0 Å². The number of para-hydroxylation sites is 1. The molecule has 10 nitrogen and oxygen atoms in total. The summed E-state index contributed by atoms with van der Waals surface area (Å²) in [7, 11) is 0. The number of rotatable bonds is 11. The smallest absolute Gasteiger partial charge is 0.338 e. The first-order valence-electron chi connectivity index (χ1n) is 16.6. The normalized spacial score (nSPS) is 19.5. The van der Waals surface area contributed by atoms with Crippen molar-refractivity contribution in [2.24, 2.45) is 0 Å². The van der Waals surface area contributed by atoms with Crippen LogP contribution in [0.15, 0.2) is 150 Å². The Kier molecular flexibility index (Phi) is 11.2. The first-order chi connectivity index (χ1) is 25.9. The van der Waals surface area contributed by atoms with Crippen LogP contribution in [-0.4, -0.2) is 65.3 Å². The van der Waals surface area contributed by atoms with Crippen LogP contribution in [-0.2, 0) is 23.7 Å². The van der Waals surface area contributed by atoms with Crippen LogP contribution in [0.2, 0.25) is 0 Å². The number of carbonyl (C=O) groups excluding carboxylic acids is 4. The van der Waals surface area contributed by atoms with Gasteiger partial charge in [-0.05, 0) is 60.7 Å². The second kappa shape index (κ2) is 16.7. The van der Waals surface area contributed by atoms with Gasteiger partial charge in [-0.15, -0.1) is 11.3 Å². The lowest BCUT2D eigenvalue weighted by molar-refractivity contribution is -0.207. The molecule has 7 rings (SSSR count). The van der Waals surface area contributed by atoms with Crippen molar-refractivity contribution in [3.05, 3.63) is 168 Å². The van der Waals surface area contributed by atoms with E-state index in [0.717, 1.165) is 22.0 Å². The second-order valence-electron chi connectivity index (χ2n) is 11.8. The topological polar surface area (TPSA) is 127 Å². The molecule has 0 spiro atoms. The molecule has 0 amide bonds. The summed E-state index contributed by atoms with van der Waals surface area (Å²) in [5, 5.41) is 0. The number of hydrogen-bond acceptors (Lipinski definition) is 12. The Morgan fingerprint density at radius 1 is 0.547 bits per heavy atom. The fourth-order valence-corrected chi connectivity index (χ4v) is 7.96. The standard InChI is InChI=1S/C41H31NO9S2/c43-36(26-15-5-1-6-16-26)47-25-31-33(49-37(44)27-17-7-2-8-18-27)34(50-38(45)28-19-9-3-10-20-28)35(51-39(46)29-21-11-4-12-22-29)40(48-31)53-41-42-30-23-13-14-24-32(30)52-41/h1-24,31,33-35,40H,25H2/t31-,33-,34+,35-,40+/m1/s1. The van der Waals surface area contributed by atoms with Crippen LogP contribution < -0.4 is 0 Å². The predicted octanol–water partition coefficient (Wildman–Crippen LogP) is 7.65. The average Bonchev–Trinajstić information content (AvgIpc) is 3.63. The van der Waals surface area contributed by atoms with E-state index < -0.39 is 60.3 Å². The molecule has 0 saturated carbocycles. The van der Waals surface area contributed by atoms with Crippen LogP contribution in [0, 0.1) is 0 Å². The maximum Gasteiger partial charge on any atom is 0.338 e. The van der Waals surface area contributed by atoms with Crippen molar-refractivity contribution in [1.82, 2.24) is 4.98 Å². The highest BCUT2D eigenvalue weighted by atomic mass is 32.2. The average molecular weight is 746 g/mol. The minimum absolute atomic E-state index is 0.211. The van der Waals surface area contributed by atoms with Gasteiger partial charge in [-0.25, -0.2) is 24.2 Å². The van der Waals surface area contributed by atoms with E-state index in [4.69, 9.17) is 28.7 Å². The zero-order valence-corrected chi connectivity index (χ0v) is 29.5. The molecular formula is C41H31NO9S2. The van der Waals surface area contributed by atoms with Gasteiger partial charge in [0.25, 0.3) is 0 Å². The van der Waals surface area contributed by atoms with Crippen molar-refractivity contribution in [3.63, 3.8) is 0 Å². The molecule has 1 aromatic heterocycles. The van der Waals surface area contributed by atoms with Gasteiger partial charge >= 0.3 is 23.9 Å². The van der Waals surface area contributed by atoms with Crippen LogP contribution in [0.1, 0.15) is 41.4 Å². The van der Waals surface area contributed by atoms with Gasteiger partial charge in [0.15, 0.2) is 28.1 Å². The molecule has 1 fully saturated rings. The molecule has 0 unspecified atom stereocenters. The van der Waals surface area contributed by atoms with Crippen LogP contribution in [0.3, 0.4) is 0 Å². The summed E-state index contributed by atoms with van der Waals surface area (Å²) in [5.74, 6) is -2.89. The molecule has 1 aliphatic rings. The van der Waals surface area contributed by atoms with Gasteiger partial charge < -0.3 is 23.7 Å². The van der Waals surface area contributed by atoms with E-state index in [9.17, 15) is 19.2 Å². The number of thioether (sulfide) groups is 1. The summed E-state index contributed by atoms with van der Waals surface area (Å²) in [6, 6.07) is 40.8. The molecule has 1 aliphatic heterocycles. The highest BCUT2D eigenvalue weighted by molar-refractivity contribution is 8.01. The number of carbonyl (C=O) groups is 4. The minimum Gasteiger partial charge on any atom is -0.459 e. The van der Waals surface area contributed by atoms with E-state index in [-0.39, 0.29) is 16.7 Å². The quantitative estimate of drug-likeness (QED) is 0.0959. The van der Waals surface area contributed by atoms with Crippen molar-refractivity contribution >= 4 is 57.2 Å². The molecule has 5 atom stereocenters. The summed E-state index contributed by atoms with van der Waals surface area (Å²) in [4.78, 5) is 59.2. The Morgan fingerprint density at radius 2 is 0.981 bits per heavy atom. The van der Waals surface area contributed by atoms with Gasteiger partial charge in [0.2, 0.25) is 0 Å².